The minimum absolute atomic E-state index is 0.0368. The van der Waals surface area contributed by atoms with E-state index in [4.69, 9.17) is 0 Å². The Kier molecular flexibility index (Phi) is 4.09. The van der Waals surface area contributed by atoms with Gasteiger partial charge in [0.1, 0.15) is 5.82 Å². The number of imidazole rings is 1. The van der Waals surface area contributed by atoms with Gasteiger partial charge in [0.2, 0.25) is 5.91 Å². The predicted molar refractivity (Wildman–Crippen MR) is 93.5 cm³/mol. The molecule has 0 saturated heterocycles. The van der Waals surface area contributed by atoms with Gasteiger partial charge in [-0.25, -0.2) is 4.98 Å². The van der Waals surface area contributed by atoms with Crippen molar-refractivity contribution in [2.45, 2.75) is 39.0 Å². The van der Waals surface area contributed by atoms with Crippen molar-refractivity contribution in [2.24, 2.45) is 0 Å². The van der Waals surface area contributed by atoms with Crippen molar-refractivity contribution in [3.63, 3.8) is 0 Å². The monoisotopic (exact) mass is 335 g/mol. The number of aromatic nitrogens is 4. The van der Waals surface area contributed by atoms with Crippen molar-refractivity contribution in [2.75, 3.05) is 0 Å². The Balaban J connectivity index is 1.55. The summed E-state index contributed by atoms with van der Waals surface area (Å²) in [6, 6.07) is 12.2. The first kappa shape index (κ1) is 15.6. The van der Waals surface area contributed by atoms with Gasteiger partial charge < -0.3 is 9.47 Å². The highest BCUT2D eigenvalue weighted by Crippen LogP contribution is 2.29. The molecule has 0 unspecified atom stereocenters. The quantitative estimate of drug-likeness (QED) is 0.736. The van der Waals surface area contributed by atoms with Gasteiger partial charge in [-0.3, -0.25) is 9.48 Å². The average molecular weight is 335 g/mol. The second-order valence-corrected chi connectivity index (χ2v) is 6.41. The zero-order chi connectivity index (χ0) is 17.2. The molecule has 1 aliphatic rings. The molecule has 1 amide bonds. The van der Waals surface area contributed by atoms with Crippen LogP contribution in [0.2, 0.25) is 0 Å². The average Bonchev–Trinajstić information content (AvgIpc) is 3.27. The van der Waals surface area contributed by atoms with E-state index < -0.39 is 0 Å². The lowest BCUT2D eigenvalue weighted by molar-refractivity contribution is -0.136. The summed E-state index contributed by atoms with van der Waals surface area (Å²) in [5.74, 6) is 1.08. The minimum Gasteiger partial charge on any atom is -0.331 e. The van der Waals surface area contributed by atoms with Crippen LogP contribution in [0.15, 0.2) is 55.0 Å². The third-order valence-electron chi connectivity index (χ3n) is 4.69. The number of rotatable bonds is 4. The van der Waals surface area contributed by atoms with Crippen molar-refractivity contribution in [1.29, 1.82) is 0 Å². The Hall–Kier alpha value is -2.89. The number of benzene rings is 1. The van der Waals surface area contributed by atoms with Crippen LogP contribution in [0.4, 0.5) is 0 Å². The number of nitrogens with zero attached hydrogens (tertiary/aromatic N) is 5. The maximum atomic E-state index is 12.9. The number of amides is 1. The minimum atomic E-state index is 0.0368. The van der Waals surface area contributed by atoms with E-state index >= 15 is 0 Å². The molecule has 0 saturated carbocycles. The van der Waals surface area contributed by atoms with Crippen LogP contribution >= 0.6 is 0 Å². The van der Waals surface area contributed by atoms with Crippen LogP contribution in [0.25, 0.3) is 0 Å². The highest BCUT2D eigenvalue weighted by atomic mass is 16.2. The fourth-order valence-electron chi connectivity index (χ4n) is 3.37. The molecular formula is C19H21N5O. The Labute approximate surface area is 146 Å². The molecule has 0 radical (unpaired) electrons. The molecule has 6 nitrogen and oxygen atoms in total. The molecule has 0 bridgehead atoms. The lowest BCUT2D eigenvalue weighted by atomic mass is 10.0. The van der Waals surface area contributed by atoms with Crippen molar-refractivity contribution in [1.82, 2.24) is 24.2 Å². The summed E-state index contributed by atoms with van der Waals surface area (Å²) in [5, 5.41) is 4.36. The van der Waals surface area contributed by atoms with E-state index in [1.54, 1.807) is 6.20 Å². The summed E-state index contributed by atoms with van der Waals surface area (Å²) in [7, 11) is 0. The largest absolute Gasteiger partial charge is 0.331 e. The zero-order valence-corrected chi connectivity index (χ0v) is 14.2. The topological polar surface area (TPSA) is 56.0 Å². The summed E-state index contributed by atoms with van der Waals surface area (Å²) < 4.78 is 3.97. The van der Waals surface area contributed by atoms with Gasteiger partial charge in [-0.05, 0) is 18.6 Å². The lowest BCUT2D eigenvalue weighted by Crippen LogP contribution is -2.41. The Morgan fingerprint density at radius 3 is 2.80 bits per heavy atom. The first-order valence-corrected chi connectivity index (χ1v) is 8.55. The van der Waals surface area contributed by atoms with Crippen LogP contribution in [0, 0.1) is 6.92 Å². The third-order valence-corrected chi connectivity index (χ3v) is 4.69. The van der Waals surface area contributed by atoms with Gasteiger partial charge in [-0.15, -0.1) is 0 Å². The summed E-state index contributed by atoms with van der Waals surface area (Å²) >= 11 is 0. The van der Waals surface area contributed by atoms with Crippen LogP contribution in [0.5, 0.6) is 0 Å². The molecule has 6 heteroatoms. The second kappa shape index (κ2) is 6.55. The summed E-state index contributed by atoms with van der Waals surface area (Å²) in [6.45, 7) is 3.84. The second-order valence-electron chi connectivity index (χ2n) is 6.41. The number of hydrogen-bond acceptors (Lipinski definition) is 3. The highest BCUT2D eigenvalue weighted by molar-refractivity contribution is 5.76. The Morgan fingerprint density at radius 2 is 2.04 bits per heavy atom. The molecular weight excluding hydrogens is 314 g/mol. The lowest BCUT2D eigenvalue weighted by Gasteiger charge is -2.36. The van der Waals surface area contributed by atoms with Crippen molar-refractivity contribution in [3.05, 3.63) is 72.1 Å². The number of aryl methyl sites for hydroxylation is 2. The van der Waals surface area contributed by atoms with Crippen molar-refractivity contribution in [3.8, 4) is 0 Å². The molecule has 3 heterocycles. The van der Waals surface area contributed by atoms with Gasteiger partial charge in [0.25, 0.3) is 0 Å². The van der Waals surface area contributed by atoms with Gasteiger partial charge in [-0.1, -0.05) is 30.3 Å². The van der Waals surface area contributed by atoms with Crippen LogP contribution in [-0.4, -0.2) is 30.1 Å². The molecule has 1 aliphatic heterocycles. The summed E-state index contributed by atoms with van der Waals surface area (Å²) in [6.07, 6.45) is 6.14. The maximum absolute atomic E-state index is 12.9. The molecule has 0 aliphatic carbocycles. The number of carbonyl (C=O) groups excluding carboxylic acids is 1. The van der Waals surface area contributed by atoms with E-state index in [0.29, 0.717) is 19.5 Å². The van der Waals surface area contributed by atoms with Crippen LogP contribution in [-0.2, 0) is 24.4 Å². The predicted octanol–water partition coefficient (Wildman–Crippen LogP) is 2.56. The molecule has 3 aromatic rings. The SMILES string of the molecule is Cc1ccn(CCC(=O)N2Cc3nccn3C[C@H]2c2ccccc2)n1. The molecule has 4 rings (SSSR count). The smallest absolute Gasteiger partial charge is 0.225 e. The molecule has 0 spiro atoms. The summed E-state index contributed by atoms with van der Waals surface area (Å²) in [4.78, 5) is 19.3. The maximum Gasteiger partial charge on any atom is 0.225 e. The van der Waals surface area contributed by atoms with E-state index in [2.05, 4.69) is 26.8 Å². The fourth-order valence-corrected chi connectivity index (χ4v) is 3.37. The van der Waals surface area contributed by atoms with Gasteiger partial charge in [0.05, 0.1) is 18.3 Å². The molecule has 128 valence electrons. The fraction of sp³-hybridized carbons (Fsp3) is 0.316. The number of carbonyl (C=O) groups is 1. The van der Waals surface area contributed by atoms with E-state index in [1.807, 2.05) is 53.2 Å². The van der Waals surface area contributed by atoms with E-state index in [0.717, 1.165) is 23.6 Å². The standard InChI is InChI=1S/C19H21N5O/c1-15-7-10-23(21-15)11-8-19(25)24-14-18-20-9-12-22(18)13-17(24)16-5-3-2-4-6-16/h2-7,9-10,12,17H,8,11,13-14H2,1H3/t17-/m0/s1. The summed E-state index contributed by atoms with van der Waals surface area (Å²) in [5.41, 5.74) is 2.12. The Morgan fingerprint density at radius 1 is 1.20 bits per heavy atom. The van der Waals surface area contributed by atoms with E-state index in [1.165, 1.54) is 0 Å². The third kappa shape index (κ3) is 3.20. The van der Waals surface area contributed by atoms with Gasteiger partial charge in [-0.2, -0.15) is 5.10 Å². The van der Waals surface area contributed by atoms with Crippen molar-refractivity contribution >= 4 is 5.91 Å². The molecule has 1 aromatic carbocycles. The zero-order valence-electron chi connectivity index (χ0n) is 14.2. The first-order valence-electron chi connectivity index (χ1n) is 8.55. The van der Waals surface area contributed by atoms with Gasteiger partial charge in [0, 0.05) is 38.1 Å². The molecule has 2 aromatic heterocycles. The molecule has 0 N–H and O–H groups in total. The van der Waals surface area contributed by atoms with E-state index in [9.17, 15) is 4.79 Å². The van der Waals surface area contributed by atoms with Crippen LogP contribution in [0.3, 0.4) is 0 Å². The first-order chi connectivity index (χ1) is 12.2. The van der Waals surface area contributed by atoms with Gasteiger partial charge >= 0.3 is 0 Å². The van der Waals surface area contributed by atoms with E-state index in [-0.39, 0.29) is 11.9 Å². The Bertz CT molecular complexity index is 867. The molecule has 0 fully saturated rings. The van der Waals surface area contributed by atoms with Crippen LogP contribution < -0.4 is 0 Å². The van der Waals surface area contributed by atoms with Gasteiger partial charge in [0.15, 0.2) is 0 Å². The normalized spacial score (nSPS) is 16.7. The molecule has 25 heavy (non-hydrogen) atoms. The molecule has 1 atom stereocenters. The number of fused-ring (bicyclic) bond motifs is 1. The highest BCUT2D eigenvalue weighted by Gasteiger charge is 2.31. The van der Waals surface area contributed by atoms with Crippen LogP contribution in [0.1, 0.15) is 29.5 Å². The van der Waals surface area contributed by atoms with Crippen molar-refractivity contribution < 1.29 is 4.79 Å². The number of hydrogen-bond donors (Lipinski definition) is 0.